The number of carbonyl (C=O) groups is 1. The molecule has 0 bridgehead atoms. The van der Waals surface area contributed by atoms with Gasteiger partial charge in [-0.15, -0.1) is 11.3 Å². The number of thiazole rings is 1. The molecule has 0 aliphatic heterocycles. The van der Waals surface area contributed by atoms with Crippen molar-refractivity contribution in [2.24, 2.45) is 0 Å². The lowest BCUT2D eigenvalue weighted by molar-refractivity contribution is 0.102. The number of nitrogens with one attached hydrogen (secondary N) is 1. The van der Waals surface area contributed by atoms with Gasteiger partial charge in [0.2, 0.25) is 0 Å². The van der Waals surface area contributed by atoms with Crippen molar-refractivity contribution in [3.05, 3.63) is 39.4 Å². The number of hydrogen-bond acceptors (Lipinski definition) is 5. The summed E-state index contributed by atoms with van der Waals surface area (Å²) >= 11 is 7.25. The molecule has 0 aliphatic rings. The van der Waals surface area contributed by atoms with Crippen molar-refractivity contribution >= 4 is 43.8 Å². The largest absolute Gasteiger partial charge is 0.298 e. The summed E-state index contributed by atoms with van der Waals surface area (Å²) in [5.41, 5.74) is 1.16. The van der Waals surface area contributed by atoms with Crippen molar-refractivity contribution < 1.29 is 13.2 Å². The number of carbonyl (C=O) groups excluding carboxylic acids is 1. The van der Waals surface area contributed by atoms with E-state index < -0.39 is 15.7 Å². The summed E-state index contributed by atoms with van der Waals surface area (Å²) in [4.78, 5) is 17.5. The maximum Gasteiger partial charge on any atom is 0.257 e. The van der Waals surface area contributed by atoms with E-state index in [4.69, 9.17) is 11.6 Å². The highest BCUT2D eigenvalue weighted by molar-refractivity contribution is 7.90. The van der Waals surface area contributed by atoms with Crippen LogP contribution >= 0.6 is 22.9 Å². The van der Waals surface area contributed by atoms with Crippen molar-refractivity contribution in [1.29, 1.82) is 0 Å². The summed E-state index contributed by atoms with van der Waals surface area (Å²) in [6.07, 6.45) is 1.84. The number of amides is 1. The van der Waals surface area contributed by atoms with Gasteiger partial charge in [0.25, 0.3) is 5.91 Å². The smallest absolute Gasteiger partial charge is 0.257 e. The Labute approximate surface area is 138 Å². The lowest BCUT2D eigenvalue weighted by atomic mass is 10.2. The van der Waals surface area contributed by atoms with E-state index in [0.717, 1.165) is 23.2 Å². The van der Waals surface area contributed by atoms with Crippen LogP contribution in [-0.4, -0.2) is 25.6 Å². The monoisotopic (exact) mass is 358 g/mol. The first-order valence-electron chi connectivity index (χ1n) is 6.49. The SMILES string of the molecule is CCc1nc(NC(=O)c2ccc(Cl)c(S(C)(=O)=O)c2)sc1C. The van der Waals surface area contributed by atoms with Gasteiger partial charge in [0.05, 0.1) is 15.6 Å². The molecule has 1 aromatic carbocycles. The van der Waals surface area contributed by atoms with E-state index in [1.807, 2.05) is 13.8 Å². The van der Waals surface area contributed by atoms with Crippen LogP contribution in [0, 0.1) is 6.92 Å². The Morgan fingerprint density at radius 1 is 1.41 bits per heavy atom. The van der Waals surface area contributed by atoms with Gasteiger partial charge in [-0.25, -0.2) is 13.4 Å². The van der Waals surface area contributed by atoms with E-state index >= 15 is 0 Å². The highest BCUT2D eigenvalue weighted by atomic mass is 35.5. The highest BCUT2D eigenvalue weighted by Gasteiger charge is 2.17. The first-order valence-corrected chi connectivity index (χ1v) is 9.58. The fourth-order valence-electron chi connectivity index (χ4n) is 1.91. The van der Waals surface area contributed by atoms with Crippen molar-refractivity contribution in [2.75, 3.05) is 11.6 Å². The second kappa shape index (κ2) is 6.36. The molecule has 2 aromatic rings. The zero-order chi connectivity index (χ0) is 16.5. The van der Waals surface area contributed by atoms with Crippen LogP contribution in [0.5, 0.6) is 0 Å². The molecule has 1 aromatic heterocycles. The van der Waals surface area contributed by atoms with E-state index in [9.17, 15) is 13.2 Å². The van der Waals surface area contributed by atoms with Crippen LogP contribution in [0.1, 0.15) is 27.9 Å². The molecule has 5 nitrogen and oxygen atoms in total. The van der Waals surface area contributed by atoms with E-state index in [1.54, 1.807) is 0 Å². The summed E-state index contributed by atoms with van der Waals surface area (Å²) < 4.78 is 23.3. The number of sulfone groups is 1. The zero-order valence-electron chi connectivity index (χ0n) is 12.3. The molecular formula is C14H15ClN2O3S2. The fourth-order valence-corrected chi connectivity index (χ4v) is 4.11. The lowest BCUT2D eigenvalue weighted by Crippen LogP contribution is -2.12. The van der Waals surface area contributed by atoms with Gasteiger partial charge in [0.15, 0.2) is 15.0 Å². The van der Waals surface area contributed by atoms with Crippen LogP contribution in [0.4, 0.5) is 5.13 Å². The number of anilines is 1. The maximum absolute atomic E-state index is 12.2. The molecule has 0 aliphatic carbocycles. The average molecular weight is 359 g/mol. The Bertz CT molecular complexity index is 829. The van der Waals surface area contributed by atoms with Gasteiger partial charge < -0.3 is 0 Å². The quantitative estimate of drug-likeness (QED) is 0.909. The molecule has 1 N–H and O–H groups in total. The first-order chi connectivity index (χ1) is 10.2. The Morgan fingerprint density at radius 3 is 2.64 bits per heavy atom. The van der Waals surface area contributed by atoms with E-state index in [2.05, 4.69) is 10.3 Å². The number of rotatable bonds is 4. The highest BCUT2D eigenvalue weighted by Crippen LogP contribution is 2.25. The van der Waals surface area contributed by atoms with E-state index in [1.165, 1.54) is 29.5 Å². The molecule has 0 radical (unpaired) electrons. The van der Waals surface area contributed by atoms with Crippen LogP contribution in [0.3, 0.4) is 0 Å². The summed E-state index contributed by atoms with van der Waals surface area (Å²) in [5, 5.41) is 3.27. The Morgan fingerprint density at radius 2 is 2.09 bits per heavy atom. The molecule has 118 valence electrons. The summed E-state index contributed by atoms with van der Waals surface area (Å²) in [6, 6.07) is 4.15. The molecule has 22 heavy (non-hydrogen) atoms. The Kier molecular flexibility index (Phi) is 4.89. The maximum atomic E-state index is 12.2. The minimum atomic E-state index is -3.49. The van der Waals surface area contributed by atoms with Gasteiger partial charge in [-0.3, -0.25) is 10.1 Å². The van der Waals surface area contributed by atoms with Crippen LogP contribution in [0.2, 0.25) is 5.02 Å². The standard InChI is InChI=1S/C14H15ClN2O3S2/c1-4-11-8(2)21-14(16-11)17-13(18)9-5-6-10(15)12(7-9)22(3,19)20/h5-7H,4H2,1-3H3,(H,16,17,18). The Balaban J connectivity index is 2.30. The van der Waals surface area contributed by atoms with Gasteiger partial charge in [-0.2, -0.15) is 0 Å². The zero-order valence-corrected chi connectivity index (χ0v) is 14.7. The van der Waals surface area contributed by atoms with E-state index in [0.29, 0.717) is 5.13 Å². The molecular weight excluding hydrogens is 344 g/mol. The molecule has 0 atom stereocenters. The van der Waals surface area contributed by atoms with Gasteiger partial charge >= 0.3 is 0 Å². The predicted octanol–water partition coefficient (Wildman–Crippen LogP) is 3.32. The van der Waals surface area contributed by atoms with Gasteiger partial charge in [-0.1, -0.05) is 18.5 Å². The lowest BCUT2D eigenvalue weighted by Gasteiger charge is -2.06. The number of benzene rings is 1. The third-order valence-electron chi connectivity index (χ3n) is 3.04. The van der Waals surface area contributed by atoms with Gasteiger partial charge in [-0.05, 0) is 31.5 Å². The molecule has 0 spiro atoms. The first kappa shape index (κ1) is 16.9. The summed E-state index contributed by atoms with van der Waals surface area (Å²) in [6.45, 7) is 3.93. The molecule has 1 amide bonds. The minimum absolute atomic E-state index is 0.0635. The van der Waals surface area contributed by atoms with Crippen LogP contribution in [0.15, 0.2) is 23.1 Å². The molecule has 8 heteroatoms. The van der Waals surface area contributed by atoms with Crippen LogP contribution in [0.25, 0.3) is 0 Å². The summed E-state index contributed by atoms with van der Waals surface area (Å²) in [5.74, 6) is -0.419. The third-order valence-corrected chi connectivity index (χ3v) is 5.55. The molecule has 1 heterocycles. The normalized spacial score (nSPS) is 11.5. The topological polar surface area (TPSA) is 76.1 Å². The van der Waals surface area contributed by atoms with Crippen molar-refractivity contribution in [1.82, 2.24) is 4.98 Å². The number of hydrogen-bond donors (Lipinski definition) is 1. The second-order valence-electron chi connectivity index (χ2n) is 4.75. The predicted molar refractivity (Wildman–Crippen MR) is 88.7 cm³/mol. The number of aryl methyl sites for hydroxylation is 2. The van der Waals surface area contributed by atoms with Crippen molar-refractivity contribution in [3.8, 4) is 0 Å². The Hall–Kier alpha value is -1.44. The summed E-state index contributed by atoms with van der Waals surface area (Å²) in [7, 11) is -3.49. The van der Waals surface area contributed by atoms with Gasteiger partial charge in [0, 0.05) is 16.7 Å². The number of halogens is 1. The van der Waals surface area contributed by atoms with Gasteiger partial charge in [0.1, 0.15) is 0 Å². The third kappa shape index (κ3) is 3.66. The van der Waals surface area contributed by atoms with E-state index in [-0.39, 0.29) is 15.5 Å². The fraction of sp³-hybridized carbons (Fsp3) is 0.286. The van der Waals surface area contributed by atoms with Crippen molar-refractivity contribution in [3.63, 3.8) is 0 Å². The molecule has 2 rings (SSSR count). The van der Waals surface area contributed by atoms with Crippen LogP contribution in [-0.2, 0) is 16.3 Å². The number of nitrogens with zero attached hydrogens (tertiary/aromatic N) is 1. The number of aromatic nitrogens is 1. The average Bonchev–Trinajstić information content (AvgIpc) is 2.77. The van der Waals surface area contributed by atoms with Crippen LogP contribution < -0.4 is 5.32 Å². The van der Waals surface area contributed by atoms with Crippen molar-refractivity contribution in [2.45, 2.75) is 25.2 Å². The molecule has 0 unspecified atom stereocenters. The molecule has 0 fully saturated rings. The molecule has 0 saturated carbocycles. The molecule has 0 saturated heterocycles. The second-order valence-corrected chi connectivity index (χ2v) is 8.34. The minimum Gasteiger partial charge on any atom is -0.298 e.